The summed E-state index contributed by atoms with van der Waals surface area (Å²) in [4.78, 5) is 6.59. The number of hydrogen-bond donors (Lipinski definition) is 1. The van der Waals surface area contributed by atoms with Crippen molar-refractivity contribution in [1.82, 2.24) is 4.90 Å². The normalized spacial score (nSPS) is 17.4. The molecule has 0 atom stereocenters. The smallest absolute Gasteiger partial charge is 0.191 e. The van der Waals surface area contributed by atoms with Crippen molar-refractivity contribution >= 4 is 41.7 Å². The molecule has 0 aliphatic carbocycles. The van der Waals surface area contributed by atoms with E-state index in [1.165, 1.54) is 30.8 Å². The second-order valence-corrected chi connectivity index (χ2v) is 4.77. The highest BCUT2D eigenvalue weighted by Crippen LogP contribution is 2.08. The molecule has 5 heteroatoms. The summed E-state index contributed by atoms with van der Waals surface area (Å²) in [5.74, 6) is 3.12. The molecule has 0 aromatic rings. The molecule has 0 aromatic heterocycles. The maximum atomic E-state index is 5.90. The van der Waals surface area contributed by atoms with Crippen LogP contribution in [-0.2, 0) is 0 Å². The molecule has 0 aromatic carbocycles. The maximum Gasteiger partial charge on any atom is 0.191 e. The molecule has 0 spiro atoms. The zero-order chi connectivity index (χ0) is 10.2. The molecule has 1 saturated heterocycles. The number of nitrogens with two attached hydrogens (primary N) is 1. The zero-order valence-corrected chi connectivity index (χ0v) is 12.6. The Morgan fingerprint density at radius 3 is 2.60 bits per heavy atom. The molecule has 90 valence electrons. The fraction of sp³-hybridized carbons (Fsp3) is 0.900. The van der Waals surface area contributed by atoms with E-state index >= 15 is 0 Å². The van der Waals surface area contributed by atoms with E-state index in [0.29, 0.717) is 0 Å². The topological polar surface area (TPSA) is 41.6 Å². The van der Waals surface area contributed by atoms with Crippen LogP contribution in [0.25, 0.3) is 0 Å². The van der Waals surface area contributed by atoms with E-state index in [4.69, 9.17) is 5.73 Å². The fourth-order valence-corrected chi connectivity index (χ4v) is 2.35. The van der Waals surface area contributed by atoms with E-state index in [2.05, 4.69) is 16.8 Å². The summed E-state index contributed by atoms with van der Waals surface area (Å²) in [7, 11) is 0. The van der Waals surface area contributed by atoms with E-state index in [-0.39, 0.29) is 24.0 Å². The summed E-state index contributed by atoms with van der Waals surface area (Å²) >= 11 is 2.00. The van der Waals surface area contributed by atoms with Crippen LogP contribution in [0.15, 0.2) is 4.99 Å². The number of unbranched alkanes of at least 4 members (excludes halogenated alkanes) is 2. The predicted molar refractivity (Wildman–Crippen MR) is 80.3 cm³/mol. The van der Waals surface area contributed by atoms with E-state index in [1.54, 1.807) is 0 Å². The van der Waals surface area contributed by atoms with Gasteiger partial charge in [0, 0.05) is 31.1 Å². The monoisotopic (exact) mass is 343 g/mol. The lowest BCUT2D eigenvalue weighted by Crippen LogP contribution is -2.42. The molecule has 0 radical (unpaired) electrons. The van der Waals surface area contributed by atoms with Crippen molar-refractivity contribution in [3.63, 3.8) is 0 Å². The number of nitrogens with zero attached hydrogens (tertiary/aromatic N) is 2. The number of aliphatic imine (C=N–C) groups is 1. The van der Waals surface area contributed by atoms with Crippen LogP contribution in [0.5, 0.6) is 0 Å². The van der Waals surface area contributed by atoms with Crippen molar-refractivity contribution < 1.29 is 0 Å². The summed E-state index contributed by atoms with van der Waals surface area (Å²) in [6.45, 7) is 5.22. The van der Waals surface area contributed by atoms with Crippen LogP contribution in [0.4, 0.5) is 0 Å². The summed E-state index contributed by atoms with van der Waals surface area (Å²) in [6, 6.07) is 0. The zero-order valence-electron chi connectivity index (χ0n) is 9.45. The Kier molecular flexibility index (Phi) is 9.79. The van der Waals surface area contributed by atoms with Gasteiger partial charge in [-0.15, -0.1) is 24.0 Å². The van der Waals surface area contributed by atoms with Crippen molar-refractivity contribution in [3.8, 4) is 0 Å². The number of thioether (sulfide) groups is 1. The maximum absolute atomic E-state index is 5.90. The second kappa shape index (κ2) is 9.57. The molecule has 2 N–H and O–H groups in total. The van der Waals surface area contributed by atoms with Gasteiger partial charge in [0.2, 0.25) is 0 Å². The average Bonchev–Trinajstić information content (AvgIpc) is 2.25. The van der Waals surface area contributed by atoms with Crippen LogP contribution in [0.3, 0.4) is 0 Å². The Morgan fingerprint density at radius 2 is 2.00 bits per heavy atom. The summed E-state index contributed by atoms with van der Waals surface area (Å²) in [5, 5.41) is 0. The molecule has 1 rings (SSSR count). The van der Waals surface area contributed by atoms with Crippen LogP contribution >= 0.6 is 35.7 Å². The van der Waals surface area contributed by atoms with Crippen LogP contribution in [-0.4, -0.2) is 42.0 Å². The lowest BCUT2D eigenvalue weighted by atomic mass is 10.2. The highest BCUT2D eigenvalue weighted by atomic mass is 127. The van der Waals surface area contributed by atoms with Crippen molar-refractivity contribution in [1.29, 1.82) is 0 Å². The van der Waals surface area contributed by atoms with Gasteiger partial charge >= 0.3 is 0 Å². The number of halogens is 1. The molecule has 1 aliphatic heterocycles. The van der Waals surface area contributed by atoms with Gasteiger partial charge in [0.1, 0.15) is 0 Å². The van der Waals surface area contributed by atoms with Gasteiger partial charge in [0.15, 0.2) is 5.96 Å². The van der Waals surface area contributed by atoms with Crippen molar-refractivity contribution in [2.24, 2.45) is 10.7 Å². The molecule has 15 heavy (non-hydrogen) atoms. The van der Waals surface area contributed by atoms with E-state index < -0.39 is 0 Å². The first-order chi connectivity index (χ1) is 6.84. The van der Waals surface area contributed by atoms with Gasteiger partial charge in [-0.1, -0.05) is 19.8 Å². The van der Waals surface area contributed by atoms with Gasteiger partial charge in [-0.05, 0) is 6.42 Å². The Labute approximate surface area is 114 Å². The van der Waals surface area contributed by atoms with Crippen LogP contribution in [0.1, 0.15) is 26.2 Å². The molecule has 1 heterocycles. The minimum absolute atomic E-state index is 0. The first-order valence-corrected chi connectivity index (χ1v) is 6.62. The summed E-state index contributed by atoms with van der Waals surface area (Å²) < 4.78 is 0. The summed E-state index contributed by atoms with van der Waals surface area (Å²) in [5.41, 5.74) is 5.90. The molecule has 0 amide bonds. The van der Waals surface area contributed by atoms with Gasteiger partial charge < -0.3 is 10.6 Å². The molecule has 0 saturated carbocycles. The molecule has 0 bridgehead atoms. The van der Waals surface area contributed by atoms with Crippen molar-refractivity contribution in [2.75, 3.05) is 31.1 Å². The highest BCUT2D eigenvalue weighted by Gasteiger charge is 2.11. The number of rotatable bonds is 4. The molecule has 0 unspecified atom stereocenters. The van der Waals surface area contributed by atoms with Gasteiger partial charge in [-0.25, -0.2) is 0 Å². The first-order valence-electron chi connectivity index (χ1n) is 5.47. The Balaban J connectivity index is 0.00000196. The molecule has 1 aliphatic rings. The molecule has 3 nitrogen and oxygen atoms in total. The third-order valence-corrected chi connectivity index (χ3v) is 3.31. The number of guanidine groups is 1. The second-order valence-electron chi connectivity index (χ2n) is 3.55. The van der Waals surface area contributed by atoms with Crippen molar-refractivity contribution in [2.45, 2.75) is 26.2 Å². The first kappa shape index (κ1) is 15.3. The van der Waals surface area contributed by atoms with Gasteiger partial charge in [-0.3, -0.25) is 4.99 Å². The molecular weight excluding hydrogens is 321 g/mol. The SMILES string of the molecule is CCCCCN=C(N)N1CCSCC1.I. The van der Waals surface area contributed by atoms with Crippen LogP contribution < -0.4 is 5.73 Å². The lowest BCUT2D eigenvalue weighted by Gasteiger charge is -2.27. The standard InChI is InChI=1S/C10H21N3S.HI/c1-2-3-4-5-12-10(11)13-6-8-14-9-7-13;/h2-9H2,1H3,(H2,11,12);1H. The minimum Gasteiger partial charge on any atom is -0.370 e. The predicted octanol–water partition coefficient (Wildman–Crippen LogP) is 2.16. The third kappa shape index (κ3) is 6.50. The van der Waals surface area contributed by atoms with E-state index in [9.17, 15) is 0 Å². The lowest BCUT2D eigenvalue weighted by molar-refractivity contribution is 0.455. The Morgan fingerprint density at radius 1 is 1.33 bits per heavy atom. The molecular formula is C10H22IN3S. The number of hydrogen-bond acceptors (Lipinski definition) is 2. The largest absolute Gasteiger partial charge is 0.370 e. The summed E-state index contributed by atoms with van der Waals surface area (Å²) in [6.07, 6.45) is 3.67. The van der Waals surface area contributed by atoms with E-state index in [1.807, 2.05) is 11.8 Å². The van der Waals surface area contributed by atoms with Crippen LogP contribution in [0.2, 0.25) is 0 Å². The van der Waals surface area contributed by atoms with Gasteiger partial charge in [0.25, 0.3) is 0 Å². The Hall–Kier alpha value is 0.350. The van der Waals surface area contributed by atoms with E-state index in [0.717, 1.165) is 25.6 Å². The fourth-order valence-electron chi connectivity index (χ4n) is 1.45. The quantitative estimate of drug-likeness (QED) is 0.368. The average molecular weight is 343 g/mol. The Bertz CT molecular complexity index is 182. The highest BCUT2D eigenvalue weighted by molar-refractivity contribution is 14.0. The van der Waals surface area contributed by atoms with Crippen LogP contribution in [0, 0.1) is 0 Å². The van der Waals surface area contributed by atoms with Gasteiger partial charge in [-0.2, -0.15) is 11.8 Å². The van der Waals surface area contributed by atoms with Crippen molar-refractivity contribution in [3.05, 3.63) is 0 Å². The van der Waals surface area contributed by atoms with Gasteiger partial charge in [0.05, 0.1) is 0 Å². The molecule has 1 fully saturated rings. The minimum atomic E-state index is 0. The third-order valence-electron chi connectivity index (χ3n) is 2.37.